The zero-order chi connectivity index (χ0) is 25.7. The van der Waals surface area contributed by atoms with Gasteiger partial charge in [-0.1, -0.05) is 42.1 Å². The molecule has 2 aromatic rings. The maximum absolute atomic E-state index is 15.4. The first-order valence-corrected chi connectivity index (χ1v) is 12.5. The van der Waals surface area contributed by atoms with Crippen molar-refractivity contribution in [1.82, 2.24) is 4.98 Å². The number of thioether (sulfide) groups is 2. The third-order valence-corrected chi connectivity index (χ3v) is 10.4. The van der Waals surface area contributed by atoms with E-state index in [0.717, 1.165) is 23.5 Å². The van der Waals surface area contributed by atoms with E-state index < -0.39 is 38.6 Å². The fourth-order valence-corrected chi connectivity index (χ4v) is 8.49. The van der Waals surface area contributed by atoms with Gasteiger partial charge in [0, 0.05) is 46.0 Å². The zero-order valence-corrected chi connectivity index (χ0v) is 20.4. The SMILES string of the molecule is COC12SC(c3ccncc3)=CC1=C1C(=C3C=C(c4ccccc4)SC32C)C(F)(F)C(F)(F)C1(F)F. The van der Waals surface area contributed by atoms with E-state index in [1.807, 2.05) is 0 Å². The number of alkyl halides is 6. The fraction of sp³-hybridized carbons (Fsp3) is 0.269. The van der Waals surface area contributed by atoms with Crippen LogP contribution in [0.15, 0.2) is 89.3 Å². The highest BCUT2D eigenvalue weighted by Gasteiger charge is 2.84. The average molecular weight is 538 g/mol. The number of halogens is 6. The van der Waals surface area contributed by atoms with E-state index >= 15 is 17.6 Å². The molecule has 0 bridgehead atoms. The van der Waals surface area contributed by atoms with Crippen LogP contribution in [-0.2, 0) is 4.74 Å². The molecule has 0 radical (unpaired) electrons. The Balaban J connectivity index is 1.70. The quantitative estimate of drug-likeness (QED) is 0.376. The van der Waals surface area contributed by atoms with Gasteiger partial charge in [0.2, 0.25) is 0 Å². The second-order valence-electron chi connectivity index (χ2n) is 8.98. The molecule has 186 valence electrons. The summed E-state index contributed by atoms with van der Waals surface area (Å²) in [7, 11) is 1.29. The Morgan fingerprint density at radius 3 is 1.86 bits per heavy atom. The number of hydrogen-bond acceptors (Lipinski definition) is 4. The van der Waals surface area contributed by atoms with Gasteiger partial charge in [-0.05, 0) is 47.9 Å². The second kappa shape index (κ2) is 7.33. The molecule has 1 fully saturated rings. The summed E-state index contributed by atoms with van der Waals surface area (Å²) in [6.45, 7) is 1.59. The molecular weight excluding hydrogens is 520 g/mol. The molecule has 1 aromatic heterocycles. The Labute approximate surface area is 211 Å². The lowest BCUT2D eigenvalue weighted by Crippen LogP contribution is -2.52. The van der Waals surface area contributed by atoms with Crippen molar-refractivity contribution in [3.05, 3.63) is 100 Å². The van der Waals surface area contributed by atoms with E-state index in [1.165, 1.54) is 31.7 Å². The standard InChI is InChI=1S/C26H17F6NOS2/c1-22-16(12-18(35-22)14-6-4-3-5-7-14)20-21(24(29,30)26(31,32)23(20,27)28)17-13-19(36-25(17,22)34-2)15-8-10-33-11-9-15/h3-13H,1-2H3. The minimum atomic E-state index is -5.61. The van der Waals surface area contributed by atoms with Gasteiger partial charge in [0.25, 0.3) is 0 Å². The molecule has 1 aromatic carbocycles. The molecule has 4 aliphatic rings. The van der Waals surface area contributed by atoms with Crippen LogP contribution in [0.3, 0.4) is 0 Å². The molecule has 2 nitrogen and oxygen atoms in total. The maximum Gasteiger partial charge on any atom is 0.380 e. The molecule has 6 rings (SSSR count). The number of rotatable bonds is 3. The highest BCUT2D eigenvalue weighted by Crippen LogP contribution is 2.75. The molecule has 0 saturated heterocycles. The molecular formula is C26H17F6NOS2. The first-order valence-electron chi connectivity index (χ1n) is 10.9. The number of methoxy groups -OCH3 is 1. The van der Waals surface area contributed by atoms with Gasteiger partial charge < -0.3 is 4.74 Å². The molecule has 10 heteroatoms. The van der Waals surface area contributed by atoms with E-state index in [1.54, 1.807) is 49.4 Å². The van der Waals surface area contributed by atoms with Gasteiger partial charge in [0.1, 0.15) is 0 Å². The summed E-state index contributed by atoms with van der Waals surface area (Å²) in [5, 5.41) is 0. The van der Waals surface area contributed by atoms with E-state index in [-0.39, 0.29) is 11.1 Å². The van der Waals surface area contributed by atoms with Crippen LogP contribution in [-0.4, -0.2) is 39.5 Å². The second-order valence-corrected chi connectivity index (χ2v) is 11.7. The Bertz CT molecular complexity index is 1420. The van der Waals surface area contributed by atoms with Crippen LogP contribution in [0.2, 0.25) is 0 Å². The van der Waals surface area contributed by atoms with Crippen molar-refractivity contribution in [3.63, 3.8) is 0 Å². The lowest BCUT2D eigenvalue weighted by molar-refractivity contribution is -0.258. The predicted molar refractivity (Wildman–Crippen MR) is 129 cm³/mol. The molecule has 2 aliphatic carbocycles. The molecule has 2 atom stereocenters. The molecule has 0 spiro atoms. The monoisotopic (exact) mass is 537 g/mol. The van der Waals surface area contributed by atoms with E-state index in [9.17, 15) is 8.78 Å². The van der Waals surface area contributed by atoms with Crippen molar-refractivity contribution >= 4 is 33.3 Å². The third-order valence-electron chi connectivity index (χ3n) is 7.13. The summed E-state index contributed by atoms with van der Waals surface area (Å²) in [4.78, 5) is 3.22. The van der Waals surface area contributed by atoms with E-state index in [4.69, 9.17) is 4.74 Å². The predicted octanol–water partition coefficient (Wildman–Crippen LogP) is 7.58. The number of allylic oxidation sites excluding steroid dienone is 3. The molecule has 36 heavy (non-hydrogen) atoms. The van der Waals surface area contributed by atoms with E-state index in [2.05, 4.69) is 4.98 Å². The normalized spacial score (nSPS) is 31.1. The number of ether oxygens (including phenoxy) is 1. The Kier molecular flexibility index (Phi) is 4.87. The molecule has 1 saturated carbocycles. The highest BCUT2D eigenvalue weighted by atomic mass is 32.2. The van der Waals surface area contributed by atoms with Crippen LogP contribution in [0.5, 0.6) is 0 Å². The molecule has 0 N–H and O–H groups in total. The van der Waals surface area contributed by atoms with Gasteiger partial charge in [-0.2, -0.15) is 26.3 Å². The topological polar surface area (TPSA) is 22.1 Å². The van der Waals surface area contributed by atoms with Gasteiger partial charge in [0.05, 0.1) is 4.75 Å². The van der Waals surface area contributed by atoms with Crippen molar-refractivity contribution in [2.75, 3.05) is 7.11 Å². The summed E-state index contributed by atoms with van der Waals surface area (Å²) in [6, 6.07) is 12.0. The van der Waals surface area contributed by atoms with Crippen LogP contribution >= 0.6 is 23.5 Å². The largest absolute Gasteiger partial charge is 0.380 e. The smallest absolute Gasteiger partial charge is 0.361 e. The molecule has 0 amide bonds. The highest BCUT2D eigenvalue weighted by molar-refractivity contribution is 8.14. The zero-order valence-electron chi connectivity index (χ0n) is 18.8. The summed E-state index contributed by atoms with van der Waals surface area (Å²) in [6.07, 6.45) is 5.62. The summed E-state index contributed by atoms with van der Waals surface area (Å²) in [5.74, 6) is -15.8. The summed E-state index contributed by atoms with van der Waals surface area (Å²) in [5.41, 5.74) is -2.06. The van der Waals surface area contributed by atoms with Gasteiger partial charge in [0.15, 0.2) is 4.93 Å². The first-order chi connectivity index (χ1) is 16.9. The van der Waals surface area contributed by atoms with Gasteiger partial charge in [-0.25, -0.2) is 0 Å². The maximum atomic E-state index is 15.4. The average Bonchev–Trinajstić information content (AvgIpc) is 3.46. The Morgan fingerprint density at radius 1 is 0.722 bits per heavy atom. The van der Waals surface area contributed by atoms with Crippen molar-refractivity contribution in [2.45, 2.75) is 34.4 Å². The van der Waals surface area contributed by atoms with E-state index in [0.29, 0.717) is 20.9 Å². The van der Waals surface area contributed by atoms with Gasteiger partial charge in [-0.15, -0.1) is 11.8 Å². The van der Waals surface area contributed by atoms with Crippen LogP contribution in [0.1, 0.15) is 18.1 Å². The van der Waals surface area contributed by atoms with Crippen LogP contribution < -0.4 is 0 Å². The minimum Gasteiger partial charge on any atom is -0.361 e. The molecule has 3 heterocycles. The number of aromatic nitrogens is 1. The number of fused-ring (bicyclic) bond motifs is 4. The first kappa shape index (κ1) is 23.9. The van der Waals surface area contributed by atoms with Gasteiger partial charge in [-0.3, -0.25) is 4.98 Å². The summed E-state index contributed by atoms with van der Waals surface area (Å²) >= 11 is 2.21. The minimum absolute atomic E-state index is 0.273. The van der Waals surface area contributed by atoms with Crippen LogP contribution in [0, 0.1) is 0 Å². The number of nitrogens with zero attached hydrogens (tertiary/aromatic N) is 1. The number of benzene rings is 1. The Hall–Kier alpha value is -2.43. The number of pyridine rings is 1. The van der Waals surface area contributed by atoms with Crippen molar-refractivity contribution in [2.24, 2.45) is 0 Å². The third kappa shape index (κ3) is 2.65. The lowest BCUT2D eigenvalue weighted by atomic mass is 9.75. The Morgan fingerprint density at radius 2 is 1.25 bits per heavy atom. The molecule has 2 unspecified atom stereocenters. The fourth-order valence-electron chi connectivity index (χ4n) is 5.37. The molecule has 2 aliphatic heterocycles. The van der Waals surface area contributed by atoms with Crippen molar-refractivity contribution in [1.29, 1.82) is 0 Å². The van der Waals surface area contributed by atoms with Gasteiger partial charge >= 0.3 is 17.8 Å². The van der Waals surface area contributed by atoms with Crippen molar-refractivity contribution < 1.29 is 31.1 Å². The van der Waals surface area contributed by atoms with Crippen LogP contribution in [0.25, 0.3) is 9.81 Å². The number of hydrogen-bond donors (Lipinski definition) is 0. The summed E-state index contributed by atoms with van der Waals surface area (Å²) < 4.78 is 95.6. The van der Waals surface area contributed by atoms with Crippen molar-refractivity contribution in [3.8, 4) is 0 Å². The lowest BCUT2D eigenvalue weighted by Gasteiger charge is -2.47. The van der Waals surface area contributed by atoms with Crippen LogP contribution in [0.4, 0.5) is 26.3 Å².